The largest absolute Gasteiger partial charge is 0.504 e. The summed E-state index contributed by atoms with van der Waals surface area (Å²) in [5.41, 5.74) is -0.454. The lowest BCUT2D eigenvalue weighted by atomic mass is 9.99. The van der Waals surface area contributed by atoms with Gasteiger partial charge in [0.15, 0.2) is 11.5 Å². The van der Waals surface area contributed by atoms with Crippen molar-refractivity contribution in [2.75, 3.05) is 6.61 Å². The van der Waals surface area contributed by atoms with Crippen molar-refractivity contribution in [2.24, 2.45) is 0 Å². The molecule has 5 atom stereocenters. The number of phenols is 1. The van der Waals surface area contributed by atoms with Gasteiger partial charge in [-0.25, -0.2) is 4.79 Å². The highest BCUT2D eigenvalue weighted by molar-refractivity contribution is 5.80. The van der Waals surface area contributed by atoms with E-state index in [1.165, 1.54) is 24.3 Å². The van der Waals surface area contributed by atoms with Gasteiger partial charge in [0.1, 0.15) is 36.6 Å². The van der Waals surface area contributed by atoms with Crippen LogP contribution in [0.3, 0.4) is 0 Å². The molecule has 0 aliphatic carbocycles. The molecule has 182 valence electrons. The molecule has 0 saturated carbocycles. The van der Waals surface area contributed by atoms with Crippen molar-refractivity contribution >= 4 is 16.9 Å². The van der Waals surface area contributed by atoms with Gasteiger partial charge in [-0.2, -0.15) is 0 Å². The molecule has 10 heteroatoms. The molecule has 4 N–H and O–H groups in total. The Labute approximate surface area is 190 Å². The fourth-order valence-electron chi connectivity index (χ4n) is 3.58. The molecule has 1 saturated heterocycles. The summed E-state index contributed by atoms with van der Waals surface area (Å²) in [6.45, 7) is 1.76. The van der Waals surface area contributed by atoms with E-state index in [0.717, 1.165) is 25.7 Å². The first-order chi connectivity index (χ1) is 15.8. The van der Waals surface area contributed by atoms with Gasteiger partial charge in [0.25, 0.3) is 0 Å². The number of phenolic OH excluding ortho intramolecular Hbond substituents is 1. The number of aromatic hydroxyl groups is 1. The highest BCUT2D eigenvalue weighted by Crippen LogP contribution is 2.34. The van der Waals surface area contributed by atoms with E-state index in [9.17, 15) is 30.0 Å². The summed E-state index contributed by atoms with van der Waals surface area (Å²) in [6, 6.07) is 5.21. The predicted molar refractivity (Wildman–Crippen MR) is 116 cm³/mol. The van der Waals surface area contributed by atoms with Gasteiger partial charge in [-0.15, -0.1) is 0 Å². The van der Waals surface area contributed by atoms with E-state index in [2.05, 4.69) is 6.92 Å². The quantitative estimate of drug-likeness (QED) is 0.230. The fraction of sp³-hybridized carbons (Fsp3) is 0.565. The van der Waals surface area contributed by atoms with Crippen molar-refractivity contribution in [1.82, 2.24) is 0 Å². The first-order valence-corrected chi connectivity index (χ1v) is 11.1. The zero-order chi connectivity index (χ0) is 24.0. The van der Waals surface area contributed by atoms with Crippen LogP contribution in [0.15, 0.2) is 33.5 Å². The summed E-state index contributed by atoms with van der Waals surface area (Å²) in [5, 5.41) is 41.4. The van der Waals surface area contributed by atoms with E-state index < -0.39 is 42.3 Å². The van der Waals surface area contributed by atoms with Crippen LogP contribution in [-0.4, -0.2) is 63.7 Å². The Kier molecular flexibility index (Phi) is 8.67. The number of ether oxygens (including phenoxy) is 3. The number of fused-ring (bicyclic) bond motifs is 1. The first kappa shape index (κ1) is 25.0. The number of carbonyl (C=O) groups excluding carboxylic acids is 1. The van der Waals surface area contributed by atoms with Crippen LogP contribution in [0.4, 0.5) is 0 Å². The van der Waals surface area contributed by atoms with Crippen molar-refractivity contribution in [3.05, 3.63) is 34.7 Å². The molecule has 10 nitrogen and oxygen atoms in total. The summed E-state index contributed by atoms with van der Waals surface area (Å²) >= 11 is 0. The monoisotopic (exact) mass is 466 g/mol. The number of carbonyl (C=O) groups is 1. The lowest BCUT2D eigenvalue weighted by molar-refractivity contribution is -0.278. The van der Waals surface area contributed by atoms with Crippen LogP contribution < -0.4 is 10.4 Å². The lowest BCUT2D eigenvalue weighted by Gasteiger charge is -2.39. The van der Waals surface area contributed by atoms with Crippen LogP contribution in [0.1, 0.15) is 45.4 Å². The number of esters is 1. The normalized spacial score (nSPS) is 25.2. The van der Waals surface area contributed by atoms with Crippen molar-refractivity contribution in [3.8, 4) is 11.5 Å². The number of aliphatic hydroxyl groups is 3. The minimum atomic E-state index is -1.64. The predicted octanol–water partition coefficient (Wildman–Crippen LogP) is 1.59. The minimum Gasteiger partial charge on any atom is -0.504 e. The molecule has 1 aliphatic rings. The van der Waals surface area contributed by atoms with Crippen LogP contribution in [0.25, 0.3) is 11.0 Å². The molecule has 1 aromatic carbocycles. The summed E-state index contributed by atoms with van der Waals surface area (Å²) < 4.78 is 21.2. The third-order valence-electron chi connectivity index (χ3n) is 5.51. The Balaban J connectivity index is 1.61. The van der Waals surface area contributed by atoms with E-state index in [4.69, 9.17) is 18.6 Å². The van der Waals surface area contributed by atoms with Gasteiger partial charge < -0.3 is 39.1 Å². The second kappa shape index (κ2) is 11.5. The fourth-order valence-corrected chi connectivity index (χ4v) is 3.58. The zero-order valence-electron chi connectivity index (χ0n) is 18.4. The van der Waals surface area contributed by atoms with E-state index in [1.807, 2.05) is 0 Å². The number of rotatable bonds is 10. The number of hydrogen-bond donors (Lipinski definition) is 4. The number of hydrogen-bond acceptors (Lipinski definition) is 10. The molecule has 5 unspecified atom stereocenters. The molecule has 0 amide bonds. The van der Waals surface area contributed by atoms with E-state index in [1.54, 1.807) is 0 Å². The van der Waals surface area contributed by atoms with Gasteiger partial charge in [-0.1, -0.05) is 32.6 Å². The minimum absolute atomic E-state index is 0.105. The Hall–Kier alpha value is -2.66. The Bertz CT molecular complexity index is 987. The molecule has 2 aromatic rings. The Morgan fingerprint density at radius 1 is 1.03 bits per heavy atom. The van der Waals surface area contributed by atoms with Crippen LogP contribution in [0.2, 0.25) is 0 Å². The molecular weight excluding hydrogens is 436 g/mol. The van der Waals surface area contributed by atoms with Crippen molar-refractivity contribution in [2.45, 2.75) is 76.2 Å². The zero-order valence-corrected chi connectivity index (χ0v) is 18.4. The number of benzene rings is 1. The average molecular weight is 466 g/mol. The van der Waals surface area contributed by atoms with Crippen molar-refractivity contribution in [3.63, 3.8) is 0 Å². The molecule has 0 bridgehead atoms. The first-order valence-electron chi connectivity index (χ1n) is 11.1. The van der Waals surface area contributed by atoms with Crippen LogP contribution in [-0.2, 0) is 14.3 Å². The Morgan fingerprint density at radius 2 is 1.79 bits per heavy atom. The number of aliphatic hydroxyl groups excluding tert-OH is 3. The molecule has 1 aromatic heterocycles. The lowest BCUT2D eigenvalue weighted by Crippen LogP contribution is -2.60. The van der Waals surface area contributed by atoms with E-state index >= 15 is 0 Å². The van der Waals surface area contributed by atoms with Crippen LogP contribution in [0.5, 0.6) is 11.5 Å². The van der Waals surface area contributed by atoms with Crippen LogP contribution in [0, 0.1) is 0 Å². The molecule has 3 rings (SSSR count). The second-order valence-corrected chi connectivity index (χ2v) is 8.09. The maximum absolute atomic E-state index is 12.0. The maximum Gasteiger partial charge on any atom is 0.336 e. The van der Waals surface area contributed by atoms with Crippen molar-refractivity contribution in [1.29, 1.82) is 0 Å². The van der Waals surface area contributed by atoms with Gasteiger partial charge in [0.05, 0.1) is 0 Å². The third-order valence-corrected chi connectivity index (χ3v) is 5.51. The average Bonchev–Trinajstić information content (AvgIpc) is 2.79. The molecule has 2 heterocycles. The summed E-state index contributed by atoms with van der Waals surface area (Å²) in [6.07, 6.45) is -2.31. The summed E-state index contributed by atoms with van der Waals surface area (Å²) in [7, 11) is 0. The molecule has 0 spiro atoms. The van der Waals surface area contributed by atoms with Gasteiger partial charge in [0, 0.05) is 23.9 Å². The highest BCUT2D eigenvalue weighted by atomic mass is 16.7. The third kappa shape index (κ3) is 6.44. The highest BCUT2D eigenvalue weighted by Gasteiger charge is 2.45. The standard InChI is InChI=1S/C23H30O10/c1-2-3-4-5-6-7-18(25)30-12-17-20(27)21(28)22(29)23(33-17)32-16-10-13-8-9-19(26)31-15(13)11-14(16)24/h8-11,17,20-24,27-29H,2-7,12H2,1H3. The Morgan fingerprint density at radius 3 is 2.55 bits per heavy atom. The van der Waals surface area contributed by atoms with Gasteiger partial charge in [-0.3, -0.25) is 4.79 Å². The van der Waals surface area contributed by atoms with E-state index in [-0.39, 0.29) is 30.1 Å². The SMILES string of the molecule is CCCCCCCC(=O)OCC1OC(Oc2cc3ccc(=O)oc3cc2O)C(O)C(O)C1O. The number of unbranched alkanes of at least 4 members (excludes halogenated alkanes) is 4. The van der Waals surface area contributed by atoms with E-state index in [0.29, 0.717) is 11.8 Å². The van der Waals surface area contributed by atoms with Crippen molar-refractivity contribution < 1.29 is 43.8 Å². The topological polar surface area (TPSA) is 156 Å². The maximum atomic E-state index is 12.0. The van der Waals surface area contributed by atoms with Gasteiger partial charge in [-0.05, 0) is 18.6 Å². The molecule has 33 heavy (non-hydrogen) atoms. The summed E-state index contributed by atoms with van der Waals surface area (Å²) in [5.74, 6) is -0.944. The summed E-state index contributed by atoms with van der Waals surface area (Å²) in [4.78, 5) is 23.3. The molecular formula is C23H30O10. The van der Waals surface area contributed by atoms with Gasteiger partial charge in [0.2, 0.25) is 6.29 Å². The smallest absolute Gasteiger partial charge is 0.336 e. The molecule has 0 radical (unpaired) electrons. The molecule has 1 fully saturated rings. The molecule has 1 aliphatic heterocycles. The second-order valence-electron chi connectivity index (χ2n) is 8.09. The van der Waals surface area contributed by atoms with Gasteiger partial charge >= 0.3 is 11.6 Å². The van der Waals surface area contributed by atoms with Crippen LogP contribution >= 0.6 is 0 Å².